The van der Waals surface area contributed by atoms with Crippen molar-refractivity contribution in [2.45, 2.75) is 23.2 Å². The molecule has 0 aliphatic heterocycles. The van der Waals surface area contributed by atoms with E-state index in [1.54, 1.807) is 23.1 Å². The summed E-state index contributed by atoms with van der Waals surface area (Å²) in [6.45, 7) is 3.92. The number of hydrogen-bond acceptors (Lipinski definition) is 5. The number of nitrogens with zero attached hydrogens (tertiary/aromatic N) is 3. The molecule has 3 nitrogen and oxygen atoms in total. The molecule has 0 N–H and O–H groups in total. The van der Waals surface area contributed by atoms with Crippen LogP contribution in [0.3, 0.4) is 0 Å². The number of rotatable bonds is 2. The van der Waals surface area contributed by atoms with Crippen LogP contribution in [0.15, 0.2) is 26.0 Å². The highest BCUT2D eigenvalue weighted by molar-refractivity contribution is 9.10. The Labute approximate surface area is 104 Å². The maximum atomic E-state index is 4.43. The van der Waals surface area contributed by atoms with Crippen molar-refractivity contribution < 1.29 is 0 Å². The molecule has 0 bridgehead atoms. The van der Waals surface area contributed by atoms with Crippen molar-refractivity contribution in [1.82, 2.24) is 15.2 Å². The molecule has 0 aromatic carbocycles. The summed E-state index contributed by atoms with van der Waals surface area (Å²) in [6.07, 6.45) is 0. The lowest BCUT2D eigenvalue weighted by Gasteiger charge is -1.99. The highest BCUT2D eigenvalue weighted by Crippen LogP contribution is 2.29. The van der Waals surface area contributed by atoms with Crippen LogP contribution in [0.4, 0.5) is 0 Å². The van der Waals surface area contributed by atoms with Crippen LogP contribution in [0.2, 0.25) is 0 Å². The Kier molecular flexibility index (Phi) is 3.38. The molecule has 0 spiro atoms. The summed E-state index contributed by atoms with van der Waals surface area (Å²) in [5.41, 5.74) is 0.987. The van der Waals surface area contributed by atoms with Gasteiger partial charge in [-0.3, -0.25) is 0 Å². The summed E-state index contributed by atoms with van der Waals surface area (Å²) in [5.74, 6) is 0. The van der Waals surface area contributed by atoms with E-state index in [4.69, 9.17) is 0 Å². The van der Waals surface area contributed by atoms with Gasteiger partial charge in [-0.1, -0.05) is 11.3 Å². The SMILES string of the molecule is Cc1nnc(Sc2ccc(Br)c(C)n2)s1. The zero-order valence-corrected chi connectivity index (χ0v) is 11.4. The van der Waals surface area contributed by atoms with Crippen molar-refractivity contribution >= 4 is 39.0 Å². The van der Waals surface area contributed by atoms with E-state index in [0.29, 0.717) is 0 Å². The maximum absolute atomic E-state index is 4.43. The van der Waals surface area contributed by atoms with Gasteiger partial charge in [0.15, 0.2) is 4.34 Å². The summed E-state index contributed by atoms with van der Waals surface area (Å²) in [4.78, 5) is 4.43. The fourth-order valence-electron chi connectivity index (χ4n) is 0.987. The second-order valence-corrected chi connectivity index (χ2v) is 6.21. The normalized spacial score (nSPS) is 10.6. The van der Waals surface area contributed by atoms with Gasteiger partial charge in [-0.25, -0.2) is 4.98 Å². The predicted molar refractivity (Wildman–Crippen MR) is 65.4 cm³/mol. The second kappa shape index (κ2) is 4.59. The highest BCUT2D eigenvalue weighted by atomic mass is 79.9. The molecule has 2 aromatic rings. The van der Waals surface area contributed by atoms with Gasteiger partial charge in [-0.2, -0.15) is 0 Å². The summed E-state index contributed by atoms with van der Waals surface area (Å²) in [6, 6.07) is 3.97. The largest absolute Gasteiger partial charge is 0.245 e. The van der Waals surface area contributed by atoms with Gasteiger partial charge in [0.1, 0.15) is 10.0 Å². The van der Waals surface area contributed by atoms with Crippen LogP contribution in [-0.4, -0.2) is 15.2 Å². The minimum absolute atomic E-state index is 0.932. The molecule has 2 rings (SSSR count). The third kappa shape index (κ3) is 2.76. The first-order valence-electron chi connectivity index (χ1n) is 4.26. The van der Waals surface area contributed by atoms with Gasteiger partial charge in [0.05, 0.1) is 5.69 Å². The first-order valence-corrected chi connectivity index (χ1v) is 6.69. The fraction of sp³-hybridized carbons (Fsp3) is 0.222. The smallest absolute Gasteiger partial charge is 0.180 e. The molecule has 0 radical (unpaired) electrons. The van der Waals surface area contributed by atoms with E-state index in [9.17, 15) is 0 Å². The van der Waals surface area contributed by atoms with Gasteiger partial charge < -0.3 is 0 Å². The van der Waals surface area contributed by atoms with Crippen LogP contribution in [-0.2, 0) is 0 Å². The molecule has 0 saturated carbocycles. The quantitative estimate of drug-likeness (QED) is 0.851. The topological polar surface area (TPSA) is 38.7 Å². The lowest BCUT2D eigenvalue weighted by molar-refractivity contribution is 0.977. The molecule has 0 amide bonds. The average Bonchev–Trinajstić information content (AvgIpc) is 2.58. The number of aromatic nitrogens is 3. The molecule has 0 atom stereocenters. The van der Waals surface area contributed by atoms with Gasteiger partial charge >= 0.3 is 0 Å². The standard InChI is InChI=1S/C9H8BrN3S2/c1-5-7(10)3-4-8(11-5)15-9-13-12-6(2)14-9/h3-4H,1-2H3. The van der Waals surface area contributed by atoms with E-state index in [1.807, 2.05) is 26.0 Å². The van der Waals surface area contributed by atoms with E-state index >= 15 is 0 Å². The van der Waals surface area contributed by atoms with Crippen LogP contribution in [0.25, 0.3) is 0 Å². The van der Waals surface area contributed by atoms with Gasteiger partial charge in [0.2, 0.25) is 0 Å². The van der Waals surface area contributed by atoms with E-state index in [0.717, 1.165) is 24.5 Å². The lowest BCUT2D eigenvalue weighted by Crippen LogP contribution is -1.85. The van der Waals surface area contributed by atoms with Crippen molar-refractivity contribution in [3.63, 3.8) is 0 Å². The molecule has 0 aliphatic rings. The zero-order chi connectivity index (χ0) is 10.8. The molecule has 15 heavy (non-hydrogen) atoms. The Bertz CT molecular complexity index is 484. The van der Waals surface area contributed by atoms with E-state index in [2.05, 4.69) is 31.1 Å². The van der Waals surface area contributed by atoms with Crippen molar-refractivity contribution in [3.05, 3.63) is 27.3 Å². The molecule has 78 valence electrons. The average molecular weight is 302 g/mol. The molecule has 6 heteroatoms. The zero-order valence-electron chi connectivity index (χ0n) is 8.19. The molecular formula is C9H8BrN3S2. The minimum atomic E-state index is 0.932. The molecule has 0 saturated heterocycles. The second-order valence-electron chi connectivity index (χ2n) is 2.91. The lowest BCUT2D eigenvalue weighted by atomic mass is 10.4. The molecule has 2 heterocycles. The Morgan fingerprint density at radius 3 is 2.67 bits per heavy atom. The number of halogens is 1. The van der Waals surface area contributed by atoms with E-state index < -0.39 is 0 Å². The van der Waals surface area contributed by atoms with Crippen LogP contribution < -0.4 is 0 Å². The highest BCUT2D eigenvalue weighted by Gasteiger charge is 2.05. The Hall–Kier alpha value is -0.460. The third-order valence-electron chi connectivity index (χ3n) is 1.70. The number of aryl methyl sites for hydroxylation is 2. The van der Waals surface area contributed by atoms with E-state index in [1.165, 1.54) is 0 Å². The van der Waals surface area contributed by atoms with Crippen molar-refractivity contribution in [3.8, 4) is 0 Å². The number of hydrogen-bond donors (Lipinski definition) is 0. The van der Waals surface area contributed by atoms with E-state index in [-0.39, 0.29) is 0 Å². The third-order valence-corrected chi connectivity index (χ3v) is 4.36. The van der Waals surface area contributed by atoms with Crippen LogP contribution in [0, 0.1) is 13.8 Å². The van der Waals surface area contributed by atoms with Crippen molar-refractivity contribution in [1.29, 1.82) is 0 Å². The Balaban J connectivity index is 2.21. The molecule has 0 unspecified atom stereocenters. The van der Waals surface area contributed by atoms with Gasteiger partial charge in [-0.15, -0.1) is 10.2 Å². The molecule has 2 aromatic heterocycles. The van der Waals surface area contributed by atoms with Gasteiger partial charge in [0, 0.05) is 4.47 Å². The van der Waals surface area contributed by atoms with Crippen molar-refractivity contribution in [2.75, 3.05) is 0 Å². The molecular weight excluding hydrogens is 294 g/mol. The molecule has 0 aliphatic carbocycles. The minimum Gasteiger partial charge on any atom is -0.245 e. The summed E-state index contributed by atoms with van der Waals surface area (Å²) < 4.78 is 1.96. The maximum Gasteiger partial charge on any atom is 0.180 e. The van der Waals surface area contributed by atoms with Crippen molar-refractivity contribution in [2.24, 2.45) is 0 Å². The van der Waals surface area contributed by atoms with Crippen LogP contribution >= 0.6 is 39.0 Å². The van der Waals surface area contributed by atoms with Crippen LogP contribution in [0.5, 0.6) is 0 Å². The summed E-state index contributed by atoms with van der Waals surface area (Å²) in [7, 11) is 0. The monoisotopic (exact) mass is 301 g/mol. The summed E-state index contributed by atoms with van der Waals surface area (Å²) in [5, 5.41) is 9.94. The first-order chi connectivity index (χ1) is 7.15. The Morgan fingerprint density at radius 1 is 1.27 bits per heavy atom. The Morgan fingerprint density at radius 2 is 2.07 bits per heavy atom. The number of pyridine rings is 1. The predicted octanol–water partition coefficient (Wildman–Crippen LogP) is 3.46. The first kappa shape index (κ1) is 11.0. The molecule has 0 fully saturated rings. The van der Waals surface area contributed by atoms with Gasteiger partial charge in [-0.05, 0) is 53.7 Å². The van der Waals surface area contributed by atoms with Gasteiger partial charge in [0.25, 0.3) is 0 Å². The summed E-state index contributed by atoms with van der Waals surface area (Å²) >= 11 is 6.55. The fourth-order valence-corrected chi connectivity index (χ4v) is 2.99. The van der Waals surface area contributed by atoms with Crippen LogP contribution in [0.1, 0.15) is 10.7 Å².